The van der Waals surface area contributed by atoms with Gasteiger partial charge in [0.2, 0.25) is 0 Å². The van der Waals surface area contributed by atoms with Crippen molar-refractivity contribution in [3.8, 4) is 0 Å². The molecule has 0 amide bonds. The lowest BCUT2D eigenvalue weighted by molar-refractivity contribution is 0.0992. The molecule has 2 nitrogen and oxygen atoms in total. The molecule has 1 atom stereocenters. The molecule has 0 aliphatic heterocycles. The summed E-state index contributed by atoms with van der Waals surface area (Å²) < 4.78 is 1.93. The molecule has 4 aromatic rings. The second-order valence-electron chi connectivity index (χ2n) is 8.64. The Kier molecular flexibility index (Phi) is 9.40. The van der Waals surface area contributed by atoms with E-state index in [0.29, 0.717) is 6.42 Å². The molecule has 4 rings (SSSR count). The van der Waals surface area contributed by atoms with Crippen molar-refractivity contribution in [1.29, 1.82) is 0 Å². The Bertz CT molecular complexity index is 1200. The van der Waals surface area contributed by atoms with Crippen LogP contribution in [0.5, 0.6) is 0 Å². The zero-order chi connectivity index (χ0) is 24.6. The van der Waals surface area contributed by atoms with Crippen LogP contribution in [0, 0.1) is 0 Å². The third-order valence-corrected chi connectivity index (χ3v) is 6.71. The van der Waals surface area contributed by atoms with Crippen LogP contribution in [0.25, 0.3) is 0 Å². The van der Waals surface area contributed by atoms with E-state index in [9.17, 15) is 9.90 Å². The number of carbonyl (C=O) groups is 1. The van der Waals surface area contributed by atoms with Gasteiger partial charge in [0.15, 0.2) is 5.78 Å². The Balaban J connectivity index is 0.000000192. The van der Waals surface area contributed by atoms with E-state index in [1.165, 1.54) is 0 Å². The van der Waals surface area contributed by atoms with Crippen molar-refractivity contribution in [2.24, 2.45) is 0 Å². The summed E-state index contributed by atoms with van der Waals surface area (Å²) in [5.74, 6) is 0.146. The van der Waals surface area contributed by atoms with E-state index in [4.69, 9.17) is 0 Å². The molecule has 0 bridgehead atoms. The zero-order valence-corrected chi connectivity index (χ0v) is 22.5. The molecule has 1 N–H and O–H groups in total. The summed E-state index contributed by atoms with van der Waals surface area (Å²) in [6.07, 6.45) is -0.0745. The number of aliphatic hydroxyl groups excluding tert-OH is 1. The normalized spacial score (nSPS) is 11.8. The molecule has 0 saturated carbocycles. The Morgan fingerprint density at radius 1 is 0.765 bits per heavy atom. The smallest absolute Gasteiger partial charge is 0.167 e. The Morgan fingerprint density at radius 3 is 1.91 bits per heavy atom. The van der Waals surface area contributed by atoms with Crippen LogP contribution in [0.15, 0.2) is 118 Å². The topological polar surface area (TPSA) is 37.3 Å². The van der Waals surface area contributed by atoms with Crippen LogP contribution < -0.4 is 0 Å². The van der Waals surface area contributed by atoms with Crippen molar-refractivity contribution < 1.29 is 9.90 Å². The van der Waals surface area contributed by atoms with Crippen molar-refractivity contribution in [3.05, 3.63) is 140 Å². The van der Waals surface area contributed by atoms with Crippen molar-refractivity contribution in [2.45, 2.75) is 31.8 Å². The number of carbonyl (C=O) groups excluding carboxylic acids is 1. The second-order valence-corrected chi connectivity index (χ2v) is 10.5. The van der Waals surface area contributed by atoms with Crippen LogP contribution >= 0.6 is 31.9 Å². The highest BCUT2D eigenvalue weighted by molar-refractivity contribution is 9.10. The highest BCUT2D eigenvalue weighted by Gasteiger charge is 2.30. The SMILES string of the molecule is CC(C)(c1ccccc1)C(O)c1cccc(Br)c1.O=C(Cc1ccccc1)c1cccc(Br)c1. The van der Waals surface area contributed by atoms with Gasteiger partial charge in [-0.1, -0.05) is 131 Å². The number of rotatable bonds is 6. The average Bonchev–Trinajstić information content (AvgIpc) is 2.85. The summed E-state index contributed by atoms with van der Waals surface area (Å²) in [6.45, 7) is 4.13. The van der Waals surface area contributed by atoms with Gasteiger partial charge in [0.25, 0.3) is 0 Å². The largest absolute Gasteiger partial charge is 0.388 e. The Labute approximate surface area is 218 Å². The van der Waals surface area contributed by atoms with Crippen molar-refractivity contribution in [3.63, 3.8) is 0 Å². The van der Waals surface area contributed by atoms with Gasteiger partial charge >= 0.3 is 0 Å². The van der Waals surface area contributed by atoms with Gasteiger partial charge in [-0.05, 0) is 41.0 Å². The van der Waals surface area contributed by atoms with Gasteiger partial charge in [-0.3, -0.25) is 4.79 Å². The molecule has 0 saturated heterocycles. The maximum Gasteiger partial charge on any atom is 0.167 e. The molecule has 0 radical (unpaired) electrons. The molecule has 1 unspecified atom stereocenters. The maximum atomic E-state index is 11.9. The summed E-state index contributed by atoms with van der Waals surface area (Å²) in [5.41, 5.74) is 3.55. The lowest BCUT2D eigenvalue weighted by Crippen LogP contribution is -2.26. The predicted octanol–water partition coefficient (Wildman–Crippen LogP) is 8.33. The van der Waals surface area contributed by atoms with Crippen LogP contribution in [0.4, 0.5) is 0 Å². The maximum absolute atomic E-state index is 11.9. The highest BCUT2D eigenvalue weighted by atomic mass is 79.9. The van der Waals surface area contributed by atoms with Crippen molar-refractivity contribution in [2.75, 3.05) is 0 Å². The number of benzene rings is 4. The van der Waals surface area contributed by atoms with Crippen molar-refractivity contribution >= 4 is 37.6 Å². The molecular weight excluding hydrogens is 552 g/mol. The lowest BCUT2D eigenvalue weighted by Gasteiger charge is -2.31. The van der Waals surface area contributed by atoms with E-state index in [2.05, 4.69) is 57.8 Å². The lowest BCUT2D eigenvalue weighted by atomic mass is 9.77. The van der Waals surface area contributed by atoms with Crippen LogP contribution in [-0.4, -0.2) is 10.9 Å². The first-order valence-corrected chi connectivity index (χ1v) is 12.7. The zero-order valence-electron chi connectivity index (χ0n) is 19.3. The molecule has 4 aromatic carbocycles. The molecule has 0 spiro atoms. The van der Waals surface area contributed by atoms with Gasteiger partial charge in [-0.25, -0.2) is 0 Å². The fourth-order valence-electron chi connectivity index (χ4n) is 3.66. The summed E-state index contributed by atoms with van der Waals surface area (Å²) >= 11 is 6.81. The van der Waals surface area contributed by atoms with Crippen LogP contribution in [0.3, 0.4) is 0 Å². The number of hydrogen-bond acceptors (Lipinski definition) is 2. The number of hydrogen-bond donors (Lipinski definition) is 1. The number of ketones is 1. The monoisotopic (exact) mass is 578 g/mol. The third kappa shape index (κ3) is 7.23. The first-order chi connectivity index (χ1) is 16.3. The van der Waals surface area contributed by atoms with Gasteiger partial charge in [0.1, 0.15) is 0 Å². The van der Waals surface area contributed by atoms with Gasteiger partial charge < -0.3 is 5.11 Å². The van der Waals surface area contributed by atoms with Gasteiger partial charge in [0, 0.05) is 26.3 Å². The Morgan fingerprint density at radius 2 is 1.32 bits per heavy atom. The van der Waals surface area contributed by atoms with Gasteiger partial charge in [-0.15, -0.1) is 0 Å². The summed E-state index contributed by atoms with van der Waals surface area (Å²) in [7, 11) is 0. The molecule has 0 aliphatic carbocycles. The van der Waals surface area contributed by atoms with E-state index in [1.54, 1.807) is 0 Å². The van der Waals surface area contributed by atoms with E-state index in [1.807, 2.05) is 97.1 Å². The van der Waals surface area contributed by atoms with E-state index < -0.39 is 6.10 Å². The molecule has 4 heteroatoms. The first-order valence-electron chi connectivity index (χ1n) is 11.1. The molecule has 174 valence electrons. The number of aliphatic hydroxyl groups is 1. The van der Waals surface area contributed by atoms with Gasteiger partial charge in [0.05, 0.1) is 6.10 Å². The Hall–Kier alpha value is -2.53. The molecule has 0 heterocycles. The first kappa shape index (κ1) is 26.1. The fraction of sp³-hybridized carbons (Fsp3) is 0.167. The minimum atomic E-state index is -0.530. The van der Waals surface area contributed by atoms with Crippen LogP contribution in [0.2, 0.25) is 0 Å². The molecular formula is C30H28Br2O2. The molecule has 0 aromatic heterocycles. The highest BCUT2D eigenvalue weighted by Crippen LogP contribution is 2.37. The second kappa shape index (κ2) is 12.3. The summed E-state index contributed by atoms with van der Waals surface area (Å²) in [6, 6.07) is 35.2. The van der Waals surface area contributed by atoms with E-state index in [-0.39, 0.29) is 11.2 Å². The molecule has 34 heavy (non-hydrogen) atoms. The molecule has 0 aliphatic rings. The standard InChI is InChI=1S/C16H17BrO.C14H11BrO/c1-16(2,13-8-4-3-5-9-13)15(18)12-7-6-10-14(17)11-12;15-13-8-4-7-12(10-13)14(16)9-11-5-2-1-3-6-11/h3-11,15,18H,1-2H3;1-8,10H,9H2. The minimum absolute atomic E-state index is 0.146. The quantitative estimate of drug-likeness (QED) is 0.233. The van der Waals surface area contributed by atoms with E-state index >= 15 is 0 Å². The van der Waals surface area contributed by atoms with Gasteiger partial charge in [-0.2, -0.15) is 0 Å². The summed E-state index contributed by atoms with van der Waals surface area (Å²) in [5, 5.41) is 10.6. The van der Waals surface area contributed by atoms with Crippen LogP contribution in [0.1, 0.15) is 47.0 Å². The predicted molar refractivity (Wildman–Crippen MR) is 147 cm³/mol. The van der Waals surface area contributed by atoms with E-state index in [0.717, 1.165) is 31.2 Å². The fourth-order valence-corrected chi connectivity index (χ4v) is 4.48. The third-order valence-electron chi connectivity index (χ3n) is 5.72. The molecule has 0 fully saturated rings. The van der Waals surface area contributed by atoms with Crippen molar-refractivity contribution in [1.82, 2.24) is 0 Å². The summed E-state index contributed by atoms with van der Waals surface area (Å²) in [4.78, 5) is 11.9. The minimum Gasteiger partial charge on any atom is -0.388 e. The average molecular weight is 580 g/mol. The number of Topliss-reactive ketones (excluding diaryl/α,β-unsaturated/α-hetero) is 1. The number of halogens is 2. The van der Waals surface area contributed by atoms with Crippen LogP contribution in [-0.2, 0) is 11.8 Å².